The third kappa shape index (κ3) is 2.85. The molecule has 1 N–H and O–H groups in total. The molecule has 0 amide bonds. The van der Waals surface area contributed by atoms with Crippen molar-refractivity contribution >= 4 is 26.6 Å². The van der Waals surface area contributed by atoms with Crippen molar-refractivity contribution < 1.29 is 8.42 Å². The van der Waals surface area contributed by atoms with Gasteiger partial charge in [-0.05, 0) is 48.2 Å². The van der Waals surface area contributed by atoms with Gasteiger partial charge in [-0.3, -0.25) is 9.52 Å². The molecular weight excluding hydrogens is 312 g/mol. The van der Waals surface area contributed by atoms with Crippen molar-refractivity contribution in [2.45, 2.75) is 11.8 Å². The fourth-order valence-corrected chi connectivity index (χ4v) is 3.59. The summed E-state index contributed by atoms with van der Waals surface area (Å²) in [5.41, 5.74) is 1.95. The smallest absolute Gasteiger partial charge is 0.261 e. The summed E-state index contributed by atoms with van der Waals surface area (Å²) in [4.78, 5) is 11.8. The summed E-state index contributed by atoms with van der Waals surface area (Å²) in [5, 5.41) is 0.694. The molecule has 0 atom stereocenters. The molecule has 0 unspecified atom stereocenters. The van der Waals surface area contributed by atoms with Gasteiger partial charge in [-0.15, -0.1) is 0 Å². The molecule has 1 heterocycles. The molecule has 2 aromatic carbocycles. The van der Waals surface area contributed by atoms with Crippen molar-refractivity contribution in [3.05, 3.63) is 70.5 Å². The molecule has 0 bridgehead atoms. The Labute approximate surface area is 134 Å². The largest absolute Gasteiger partial charge is 0.311 e. The van der Waals surface area contributed by atoms with Crippen LogP contribution in [0, 0.1) is 6.92 Å². The summed E-state index contributed by atoms with van der Waals surface area (Å²) in [6.45, 7) is 1.84. The Kier molecular flexibility index (Phi) is 3.69. The van der Waals surface area contributed by atoms with Crippen LogP contribution in [-0.4, -0.2) is 13.0 Å². The van der Waals surface area contributed by atoms with Gasteiger partial charge in [0.2, 0.25) is 0 Å². The molecule has 23 heavy (non-hydrogen) atoms. The van der Waals surface area contributed by atoms with E-state index >= 15 is 0 Å². The average molecular weight is 328 g/mol. The van der Waals surface area contributed by atoms with Crippen LogP contribution in [0.15, 0.2) is 64.3 Å². The fraction of sp³-hybridized carbons (Fsp3) is 0.118. The van der Waals surface area contributed by atoms with Crippen LogP contribution in [0.2, 0.25) is 0 Å². The first-order chi connectivity index (χ1) is 10.9. The van der Waals surface area contributed by atoms with Crippen molar-refractivity contribution in [2.24, 2.45) is 7.05 Å². The van der Waals surface area contributed by atoms with Crippen molar-refractivity contribution in [3.8, 4) is 0 Å². The van der Waals surface area contributed by atoms with E-state index in [0.29, 0.717) is 16.6 Å². The van der Waals surface area contributed by atoms with Gasteiger partial charge >= 0.3 is 0 Å². The van der Waals surface area contributed by atoms with E-state index in [0.717, 1.165) is 5.56 Å². The van der Waals surface area contributed by atoms with E-state index in [-0.39, 0.29) is 10.5 Å². The molecule has 118 valence electrons. The minimum absolute atomic E-state index is 0.133. The quantitative estimate of drug-likeness (QED) is 0.803. The Morgan fingerprint density at radius 3 is 2.48 bits per heavy atom. The molecule has 3 aromatic rings. The number of benzene rings is 2. The minimum Gasteiger partial charge on any atom is -0.311 e. The number of sulfonamides is 1. The number of anilines is 1. The number of nitrogens with one attached hydrogen (secondary N) is 1. The molecular formula is C17H16N2O3S. The highest BCUT2D eigenvalue weighted by Crippen LogP contribution is 2.22. The number of hydrogen-bond donors (Lipinski definition) is 1. The summed E-state index contributed by atoms with van der Waals surface area (Å²) in [5.74, 6) is 0. The van der Waals surface area contributed by atoms with Crippen LogP contribution >= 0.6 is 0 Å². The molecule has 1 aromatic heterocycles. The number of hydrogen-bond acceptors (Lipinski definition) is 3. The molecule has 0 spiro atoms. The zero-order valence-corrected chi connectivity index (χ0v) is 13.6. The Balaban J connectivity index is 2.07. The summed E-state index contributed by atoms with van der Waals surface area (Å²) < 4.78 is 29.2. The number of pyridine rings is 1. The standard InChI is InChI=1S/C17H16N2O3S/c1-12-5-3-4-6-15(12)18-23(21,22)14-8-9-16-13(11-14)7-10-17(20)19(16)2/h3-11,18H,1-2H3. The highest BCUT2D eigenvalue weighted by Gasteiger charge is 2.16. The van der Waals surface area contributed by atoms with Crippen molar-refractivity contribution in [1.82, 2.24) is 4.57 Å². The highest BCUT2D eigenvalue weighted by atomic mass is 32.2. The second-order valence-corrected chi connectivity index (χ2v) is 7.05. The number of rotatable bonds is 3. The molecule has 5 nitrogen and oxygen atoms in total. The minimum atomic E-state index is -3.69. The van der Waals surface area contributed by atoms with E-state index in [2.05, 4.69) is 4.72 Å². The van der Waals surface area contributed by atoms with Crippen LogP contribution in [0.25, 0.3) is 10.9 Å². The van der Waals surface area contributed by atoms with E-state index in [1.165, 1.54) is 16.7 Å². The van der Waals surface area contributed by atoms with Crippen LogP contribution in [0.5, 0.6) is 0 Å². The van der Waals surface area contributed by atoms with Crippen LogP contribution in [0.1, 0.15) is 5.56 Å². The van der Waals surface area contributed by atoms with Crippen LogP contribution in [0.3, 0.4) is 0 Å². The SMILES string of the molecule is Cc1ccccc1NS(=O)(=O)c1ccc2c(ccc(=O)n2C)c1. The number of aryl methyl sites for hydroxylation is 2. The summed E-state index contributed by atoms with van der Waals surface area (Å²) in [6, 6.07) is 15.0. The highest BCUT2D eigenvalue weighted by molar-refractivity contribution is 7.92. The fourth-order valence-electron chi connectivity index (χ4n) is 2.42. The zero-order valence-electron chi connectivity index (χ0n) is 12.8. The normalized spacial score (nSPS) is 11.6. The second-order valence-electron chi connectivity index (χ2n) is 5.37. The first-order valence-corrected chi connectivity index (χ1v) is 8.55. The monoisotopic (exact) mass is 328 g/mol. The Morgan fingerprint density at radius 2 is 1.74 bits per heavy atom. The van der Waals surface area contributed by atoms with Gasteiger partial charge in [-0.25, -0.2) is 8.42 Å². The first-order valence-electron chi connectivity index (χ1n) is 7.07. The Morgan fingerprint density at radius 1 is 1.00 bits per heavy atom. The van der Waals surface area contributed by atoms with Crippen molar-refractivity contribution in [1.29, 1.82) is 0 Å². The van der Waals surface area contributed by atoms with Gasteiger partial charge in [-0.2, -0.15) is 0 Å². The lowest BCUT2D eigenvalue weighted by Crippen LogP contribution is -2.16. The van der Waals surface area contributed by atoms with Crippen LogP contribution in [0.4, 0.5) is 5.69 Å². The van der Waals surface area contributed by atoms with Crippen molar-refractivity contribution in [2.75, 3.05) is 4.72 Å². The predicted molar refractivity (Wildman–Crippen MR) is 91.2 cm³/mol. The maximum absolute atomic E-state index is 12.6. The summed E-state index contributed by atoms with van der Waals surface area (Å²) in [7, 11) is -2.03. The maximum atomic E-state index is 12.6. The molecule has 0 saturated heterocycles. The molecule has 3 rings (SSSR count). The van der Waals surface area contributed by atoms with Crippen LogP contribution < -0.4 is 10.3 Å². The van der Waals surface area contributed by atoms with Gasteiger partial charge in [0.1, 0.15) is 0 Å². The Hall–Kier alpha value is -2.60. The topological polar surface area (TPSA) is 68.2 Å². The van der Waals surface area contributed by atoms with Gasteiger partial charge < -0.3 is 4.57 Å². The van der Waals surface area contributed by atoms with E-state index in [9.17, 15) is 13.2 Å². The van der Waals surface area contributed by atoms with Gasteiger partial charge in [0.25, 0.3) is 15.6 Å². The van der Waals surface area contributed by atoms with Gasteiger partial charge in [0.05, 0.1) is 16.1 Å². The number of nitrogens with zero attached hydrogens (tertiary/aromatic N) is 1. The average Bonchev–Trinajstić information content (AvgIpc) is 2.53. The van der Waals surface area contributed by atoms with Gasteiger partial charge in [0.15, 0.2) is 0 Å². The van der Waals surface area contributed by atoms with E-state index < -0.39 is 10.0 Å². The maximum Gasteiger partial charge on any atom is 0.261 e. The van der Waals surface area contributed by atoms with E-state index in [1.54, 1.807) is 37.4 Å². The molecule has 0 aliphatic rings. The number of para-hydroxylation sites is 1. The van der Waals surface area contributed by atoms with Gasteiger partial charge in [-0.1, -0.05) is 18.2 Å². The molecule has 0 aliphatic carbocycles. The third-order valence-corrected chi connectivity index (χ3v) is 5.16. The van der Waals surface area contributed by atoms with E-state index in [1.807, 2.05) is 19.1 Å². The molecule has 6 heteroatoms. The molecule has 0 aliphatic heterocycles. The predicted octanol–water partition coefficient (Wildman–Crippen LogP) is 2.65. The molecule has 0 fully saturated rings. The van der Waals surface area contributed by atoms with Crippen molar-refractivity contribution in [3.63, 3.8) is 0 Å². The zero-order chi connectivity index (χ0) is 16.6. The number of fused-ring (bicyclic) bond motifs is 1. The third-order valence-electron chi connectivity index (χ3n) is 3.80. The number of aromatic nitrogens is 1. The lowest BCUT2D eigenvalue weighted by molar-refractivity contribution is 0.601. The van der Waals surface area contributed by atoms with Gasteiger partial charge in [0, 0.05) is 13.1 Å². The lowest BCUT2D eigenvalue weighted by atomic mass is 10.2. The lowest BCUT2D eigenvalue weighted by Gasteiger charge is -2.11. The summed E-state index contributed by atoms with van der Waals surface area (Å²) in [6.07, 6.45) is 0. The van der Waals surface area contributed by atoms with E-state index in [4.69, 9.17) is 0 Å². The molecule has 0 saturated carbocycles. The molecule has 0 radical (unpaired) electrons. The second kappa shape index (κ2) is 5.55. The van der Waals surface area contributed by atoms with Crippen LogP contribution in [-0.2, 0) is 17.1 Å². The Bertz CT molecular complexity index is 1050. The summed E-state index contributed by atoms with van der Waals surface area (Å²) >= 11 is 0. The first kappa shape index (κ1) is 15.3.